The van der Waals surface area contributed by atoms with Crippen LogP contribution in [0.25, 0.3) is 0 Å². The van der Waals surface area contributed by atoms with Crippen molar-refractivity contribution in [3.63, 3.8) is 0 Å². The van der Waals surface area contributed by atoms with E-state index in [-0.39, 0.29) is 6.10 Å². The molecule has 3 heteroatoms. The normalized spacial score (nSPS) is 13.2. The first-order valence-electron chi connectivity index (χ1n) is 4.46. The Bertz CT molecular complexity index is 245. The van der Waals surface area contributed by atoms with Crippen LogP contribution in [-0.4, -0.2) is 17.1 Å². The molecule has 1 aromatic heterocycles. The minimum atomic E-state index is -0.253. The van der Waals surface area contributed by atoms with E-state index in [1.54, 1.807) is 11.3 Å². The standard InChI is InChI=1S/C10H16OS2/c1-8-6-9(7-13-8)10(11)4-3-5-12-2/h6-7,10-11H,3-5H2,1-2H3. The molecule has 0 amide bonds. The first-order valence-corrected chi connectivity index (χ1v) is 6.73. The van der Waals surface area contributed by atoms with Gasteiger partial charge in [0.1, 0.15) is 0 Å². The van der Waals surface area contributed by atoms with Crippen LogP contribution >= 0.6 is 23.1 Å². The molecule has 1 N–H and O–H groups in total. The molecule has 74 valence electrons. The van der Waals surface area contributed by atoms with Crippen molar-refractivity contribution >= 4 is 23.1 Å². The summed E-state index contributed by atoms with van der Waals surface area (Å²) in [5.74, 6) is 1.14. The van der Waals surface area contributed by atoms with Crippen LogP contribution in [-0.2, 0) is 0 Å². The van der Waals surface area contributed by atoms with E-state index in [1.807, 2.05) is 11.8 Å². The Hall–Kier alpha value is 0.0100. The largest absolute Gasteiger partial charge is 0.388 e. The predicted molar refractivity (Wildman–Crippen MR) is 61.6 cm³/mol. The highest BCUT2D eigenvalue weighted by atomic mass is 32.2. The first kappa shape index (κ1) is 11.1. The molecule has 0 aliphatic heterocycles. The van der Waals surface area contributed by atoms with Gasteiger partial charge in [-0.05, 0) is 48.8 Å². The van der Waals surface area contributed by atoms with Gasteiger partial charge in [0.25, 0.3) is 0 Å². The Morgan fingerprint density at radius 1 is 1.62 bits per heavy atom. The summed E-state index contributed by atoms with van der Waals surface area (Å²) in [6.07, 6.45) is 3.83. The lowest BCUT2D eigenvalue weighted by molar-refractivity contribution is 0.167. The van der Waals surface area contributed by atoms with Crippen molar-refractivity contribution in [2.45, 2.75) is 25.9 Å². The highest BCUT2D eigenvalue weighted by Crippen LogP contribution is 2.23. The van der Waals surface area contributed by atoms with Gasteiger partial charge < -0.3 is 5.11 Å². The van der Waals surface area contributed by atoms with Gasteiger partial charge in [-0.1, -0.05) is 0 Å². The van der Waals surface area contributed by atoms with Crippen LogP contribution in [0.5, 0.6) is 0 Å². The lowest BCUT2D eigenvalue weighted by Crippen LogP contribution is -1.95. The fourth-order valence-electron chi connectivity index (χ4n) is 1.23. The minimum Gasteiger partial charge on any atom is -0.388 e. The van der Waals surface area contributed by atoms with Gasteiger partial charge >= 0.3 is 0 Å². The Balaban J connectivity index is 2.35. The molecule has 1 atom stereocenters. The van der Waals surface area contributed by atoms with Crippen molar-refractivity contribution in [3.8, 4) is 0 Å². The third-order valence-corrected chi connectivity index (χ3v) is 3.54. The summed E-state index contributed by atoms with van der Waals surface area (Å²) >= 11 is 3.54. The van der Waals surface area contributed by atoms with Gasteiger partial charge in [0.05, 0.1) is 6.10 Å². The van der Waals surface area contributed by atoms with E-state index in [0.717, 1.165) is 24.2 Å². The second-order valence-corrected chi connectivity index (χ2v) is 5.24. The molecule has 0 fully saturated rings. The first-order chi connectivity index (χ1) is 6.24. The van der Waals surface area contributed by atoms with Crippen LogP contribution < -0.4 is 0 Å². The molecule has 1 aromatic rings. The fraction of sp³-hybridized carbons (Fsp3) is 0.600. The average molecular weight is 216 g/mol. The summed E-state index contributed by atoms with van der Waals surface area (Å²) in [4.78, 5) is 1.28. The quantitative estimate of drug-likeness (QED) is 0.763. The van der Waals surface area contributed by atoms with Crippen LogP contribution in [0, 0.1) is 6.92 Å². The molecule has 0 bridgehead atoms. The van der Waals surface area contributed by atoms with Crippen molar-refractivity contribution in [1.29, 1.82) is 0 Å². The van der Waals surface area contributed by atoms with E-state index in [2.05, 4.69) is 24.6 Å². The Kier molecular flexibility index (Phi) is 4.84. The van der Waals surface area contributed by atoms with Crippen molar-refractivity contribution in [3.05, 3.63) is 21.9 Å². The van der Waals surface area contributed by atoms with Crippen LogP contribution in [0.2, 0.25) is 0 Å². The van der Waals surface area contributed by atoms with Crippen LogP contribution in [0.15, 0.2) is 11.4 Å². The number of thiophene rings is 1. The van der Waals surface area contributed by atoms with E-state index in [0.29, 0.717) is 0 Å². The summed E-state index contributed by atoms with van der Waals surface area (Å²) in [6, 6.07) is 2.08. The molecular weight excluding hydrogens is 200 g/mol. The van der Waals surface area contributed by atoms with Gasteiger partial charge in [-0.3, -0.25) is 0 Å². The SMILES string of the molecule is CSCCCC(O)c1csc(C)c1. The molecule has 0 aromatic carbocycles. The predicted octanol–water partition coefficient (Wildman–Crippen LogP) is 3.23. The van der Waals surface area contributed by atoms with Crippen molar-refractivity contribution < 1.29 is 5.11 Å². The summed E-state index contributed by atoms with van der Waals surface area (Å²) < 4.78 is 0. The number of aryl methyl sites for hydroxylation is 1. The van der Waals surface area contributed by atoms with Crippen molar-refractivity contribution in [2.75, 3.05) is 12.0 Å². The fourth-order valence-corrected chi connectivity index (χ4v) is 2.43. The van der Waals surface area contributed by atoms with Gasteiger partial charge in [0, 0.05) is 4.88 Å². The molecule has 0 saturated carbocycles. The lowest BCUT2D eigenvalue weighted by atomic mass is 10.1. The molecule has 1 rings (SSSR count). The number of aliphatic hydroxyl groups is 1. The summed E-state index contributed by atoms with van der Waals surface area (Å²) in [5.41, 5.74) is 1.09. The molecule has 1 unspecified atom stereocenters. The lowest BCUT2D eigenvalue weighted by Gasteiger charge is -2.07. The molecule has 1 heterocycles. The van der Waals surface area contributed by atoms with Crippen LogP contribution in [0.3, 0.4) is 0 Å². The number of aliphatic hydroxyl groups excluding tert-OH is 1. The monoisotopic (exact) mass is 216 g/mol. The molecule has 13 heavy (non-hydrogen) atoms. The second-order valence-electron chi connectivity index (χ2n) is 3.14. The van der Waals surface area contributed by atoms with E-state index in [1.165, 1.54) is 4.88 Å². The Labute approximate surface area is 88.2 Å². The Morgan fingerprint density at radius 3 is 2.92 bits per heavy atom. The molecular formula is C10H16OS2. The van der Waals surface area contributed by atoms with Crippen LogP contribution in [0.1, 0.15) is 29.4 Å². The topological polar surface area (TPSA) is 20.2 Å². The maximum Gasteiger partial charge on any atom is 0.0798 e. The zero-order chi connectivity index (χ0) is 9.68. The van der Waals surface area contributed by atoms with Gasteiger partial charge in [0.2, 0.25) is 0 Å². The van der Waals surface area contributed by atoms with Gasteiger partial charge in [-0.25, -0.2) is 0 Å². The Morgan fingerprint density at radius 2 is 2.38 bits per heavy atom. The average Bonchev–Trinajstić information content (AvgIpc) is 2.52. The zero-order valence-corrected chi connectivity index (χ0v) is 9.75. The third kappa shape index (κ3) is 3.71. The number of rotatable bonds is 5. The number of thioether (sulfide) groups is 1. The molecule has 0 aliphatic rings. The summed E-state index contributed by atoms with van der Waals surface area (Å²) in [7, 11) is 0. The molecule has 0 aliphatic carbocycles. The molecule has 0 radical (unpaired) electrons. The second kappa shape index (κ2) is 5.68. The highest BCUT2D eigenvalue weighted by molar-refractivity contribution is 7.98. The van der Waals surface area contributed by atoms with Gasteiger partial charge in [-0.15, -0.1) is 11.3 Å². The van der Waals surface area contributed by atoms with Gasteiger partial charge in [0.15, 0.2) is 0 Å². The smallest absolute Gasteiger partial charge is 0.0798 e. The van der Waals surface area contributed by atoms with E-state index in [4.69, 9.17) is 0 Å². The van der Waals surface area contributed by atoms with E-state index >= 15 is 0 Å². The van der Waals surface area contributed by atoms with Crippen LogP contribution in [0.4, 0.5) is 0 Å². The van der Waals surface area contributed by atoms with Crippen molar-refractivity contribution in [1.82, 2.24) is 0 Å². The maximum absolute atomic E-state index is 9.76. The minimum absolute atomic E-state index is 0.253. The van der Waals surface area contributed by atoms with E-state index in [9.17, 15) is 5.11 Å². The van der Waals surface area contributed by atoms with Gasteiger partial charge in [-0.2, -0.15) is 11.8 Å². The summed E-state index contributed by atoms with van der Waals surface area (Å²) in [5, 5.41) is 11.8. The summed E-state index contributed by atoms with van der Waals surface area (Å²) in [6.45, 7) is 2.07. The maximum atomic E-state index is 9.76. The number of hydrogen-bond acceptors (Lipinski definition) is 3. The molecule has 0 saturated heterocycles. The third-order valence-electron chi connectivity index (χ3n) is 1.96. The van der Waals surface area contributed by atoms with Crippen molar-refractivity contribution in [2.24, 2.45) is 0 Å². The highest BCUT2D eigenvalue weighted by Gasteiger charge is 2.07. The molecule has 1 nitrogen and oxygen atoms in total. The number of hydrogen-bond donors (Lipinski definition) is 1. The van der Waals surface area contributed by atoms with E-state index < -0.39 is 0 Å². The zero-order valence-electron chi connectivity index (χ0n) is 8.12. The molecule has 0 spiro atoms.